The number of hydrogen-bond acceptors (Lipinski definition) is 6. The van der Waals surface area contributed by atoms with Gasteiger partial charge in [-0.3, -0.25) is 4.79 Å². The van der Waals surface area contributed by atoms with Gasteiger partial charge in [-0.2, -0.15) is 4.99 Å². The van der Waals surface area contributed by atoms with Crippen LogP contribution in [0.2, 0.25) is 0 Å². The number of nitrogens with two attached hydrogens (primary N) is 1. The lowest BCUT2D eigenvalue weighted by Crippen LogP contribution is -2.19. The Labute approximate surface area is 177 Å². The Morgan fingerprint density at radius 3 is 2.59 bits per heavy atom. The van der Waals surface area contributed by atoms with E-state index in [1.807, 2.05) is 16.7 Å². The topological polar surface area (TPSA) is 104 Å². The zero-order valence-electron chi connectivity index (χ0n) is 16.0. The number of carbonyl (C=O) groups excluding carboxylic acids is 1. The minimum Gasteiger partial charge on any atom is -0.383 e. The molecule has 3 rings (SSSR count). The van der Waals surface area contributed by atoms with Crippen LogP contribution in [0.15, 0.2) is 57.2 Å². The third kappa shape index (κ3) is 5.14. The zero-order valence-corrected chi connectivity index (χ0v) is 18.4. The van der Waals surface area contributed by atoms with Gasteiger partial charge in [-0.25, -0.2) is 13.6 Å². The molecule has 0 unspecified atom stereocenters. The lowest BCUT2D eigenvalue weighted by atomic mass is 10.2. The summed E-state index contributed by atoms with van der Waals surface area (Å²) in [4.78, 5) is 18.6. The first-order valence-electron chi connectivity index (χ1n) is 8.80. The van der Waals surface area contributed by atoms with Crippen LogP contribution in [0.1, 0.15) is 17.3 Å². The number of rotatable bonds is 7. The van der Waals surface area contributed by atoms with Crippen molar-refractivity contribution in [2.24, 2.45) is 10.1 Å². The monoisotopic (exact) mass is 451 g/mol. The number of benzene rings is 2. The van der Waals surface area contributed by atoms with Gasteiger partial charge >= 0.3 is 0 Å². The predicted octanol–water partition coefficient (Wildman–Crippen LogP) is 2.85. The Morgan fingerprint density at radius 2 is 1.97 bits per heavy atom. The summed E-state index contributed by atoms with van der Waals surface area (Å²) >= 11 is 2.93. The zero-order chi connectivity index (χ0) is 21.0. The predicted molar refractivity (Wildman–Crippen MR) is 116 cm³/mol. The van der Waals surface area contributed by atoms with Gasteiger partial charge < -0.3 is 9.30 Å². The number of hydrogen-bond donors (Lipinski definition) is 1. The molecular weight excluding hydrogens is 430 g/mol. The van der Waals surface area contributed by atoms with Crippen molar-refractivity contribution in [3.05, 3.63) is 52.8 Å². The van der Waals surface area contributed by atoms with Gasteiger partial charge in [-0.15, -0.1) is 11.8 Å². The highest BCUT2D eigenvalue weighted by Crippen LogP contribution is 2.22. The smallest absolute Gasteiger partial charge is 0.279 e. The number of methoxy groups -OCH3 is 1. The summed E-state index contributed by atoms with van der Waals surface area (Å²) < 4.78 is 31.0. The largest absolute Gasteiger partial charge is 0.383 e. The average Bonchev–Trinajstić information content (AvgIpc) is 3.02. The van der Waals surface area contributed by atoms with Crippen molar-refractivity contribution in [1.29, 1.82) is 0 Å². The van der Waals surface area contributed by atoms with Crippen molar-refractivity contribution < 1.29 is 17.9 Å². The lowest BCUT2D eigenvalue weighted by Gasteiger charge is -2.05. The van der Waals surface area contributed by atoms with Gasteiger partial charge in [0.05, 0.1) is 21.7 Å². The van der Waals surface area contributed by atoms with Crippen molar-refractivity contribution in [3.8, 4) is 0 Å². The molecule has 1 aromatic heterocycles. The number of primary sulfonamides is 1. The molecule has 0 aliphatic heterocycles. The highest BCUT2D eigenvalue weighted by atomic mass is 32.2. The Kier molecular flexibility index (Phi) is 6.91. The first kappa shape index (κ1) is 21.7. The summed E-state index contributed by atoms with van der Waals surface area (Å²) in [5, 5.41) is 5.23. The molecule has 0 saturated carbocycles. The van der Waals surface area contributed by atoms with E-state index in [1.54, 1.807) is 37.1 Å². The van der Waals surface area contributed by atoms with Crippen LogP contribution < -0.4 is 9.94 Å². The molecule has 0 saturated heterocycles. The number of thioether (sulfide) groups is 1. The Morgan fingerprint density at radius 1 is 1.24 bits per heavy atom. The molecule has 0 fully saturated rings. The van der Waals surface area contributed by atoms with Crippen LogP contribution in [0, 0.1) is 0 Å². The summed E-state index contributed by atoms with van der Waals surface area (Å²) in [6, 6.07) is 11.9. The van der Waals surface area contributed by atoms with Gasteiger partial charge in [0.25, 0.3) is 5.91 Å². The highest BCUT2D eigenvalue weighted by Gasteiger charge is 2.13. The number of aromatic nitrogens is 1. The molecule has 10 heteroatoms. The number of carbonyl (C=O) groups is 1. The second kappa shape index (κ2) is 9.23. The normalized spacial score (nSPS) is 12.6. The van der Waals surface area contributed by atoms with Crippen molar-refractivity contribution in [1.82, 2.24) is 4.57 Å². The number of fused-ring (bicyclic) bond motifs is 1. The molecule has 0 spiro atoms. The van der Waals surface area contributed by atoms with E-state index in [1.165, 1.54) is 23.5 Å². The van der Waals surface area contributed by atoms with E-state index in [2.05, 4.69) is 11.9 Å². The van der Waals surface area contributed by atoms with Gasteiger partial charge in [0, 0.05) is 24.1 Å². The van der Waals surface area contributed by atoms with E-state index in [0.717, 1.165) is 16.2 Å². The quantitative estimate of drug-likeness (QED) is 0.556. The summed E-state index contributed by atoms with van der Waals surface area (Å²) in [5.74, 6) is 0.599. The Balaban J connectivity index is 2.06. The third-order valence-electron chi connectivity index (χ3n) is 4.11. The molecule has 2 aromatic carbocycles. The van der Waals surface area contributed by atoms with E-state index < -0.39 is 10.0 Å². The number of amides is 1. The molecule has 29 heavy (non-hydrogen) atoms. The van der Waals surface area contributed by atoms with E-state index in [0.29, 0.717) is 28.2 Å². The molecule has 0 radical (unpaired) electrons. The first-order valence-corrected chi connectivity index (χ1v) is 12.2. The fraction of sp³-hybridized carbons (Fsp3) is 0.263. The molecule has 0 bridgehead atoms. The second-order valence-electron chi connectivity index (χ2n) is 6.08. The first-order chi connectivity index (χ1) is 13.8. The second-order valence-corrected chi connectivity index (χ2v) is 9.99. The molecule has 154 valence electrons. The Bertz CT molecular complexity index is 1200. The molecule has 0 atom stereocenters. The fourth-order valence-electron chi connectivity index (χ4n) is 2.73. The van der Waals surface area contributed by atoms with Gasteiger partial charge in [-0.05, 0) is 48.2 Å². The maximum absolute atomic E-state index is 12.7. The number of sulfonamides is 1. The van der Waals surface area contributed by atoms with E-state index in [9.17, 15) is 13.2 Å². The minimum absolute atomic E-state index is 0.0204. The number of nitrogens with zero attached hydrogens (tertiary/aromatic N) is 2. The van der Waals surface area contributed by atoms with Crippen LogP contribution in [0.4, 0.5) is 0 Å². The van der Waals surface area contributed by atoms with Crippen molar-refractivity contribution in [2.45, 2.75) is 23.3 Å². The van der Waals surface area contributed by atoms with Crippen LogP contribution in [-0.4, -0.2) is 38.4 Å². The van der Waals surface area contributed by atoms with Gasteiger partial charge in [-0.1, -0.05) is 18.3 Å². The third-order valence-corrected chi connectivity index (χ3v) is 6.96. The van der Waals surface area contributed by atoms with Crippen LogP contribution >= 0.6 is 23.1 Å². The van der Waals surface area contributed by atoms with Gasteiger partial charge in [0.1, 0.15) is 0 Å². The van der Waals surface area contributed by atoms with Gasteiger partial charge in [0.15, 0.2) is 4.80 Å². The van der Waals surface area contributed by atoms with Crippen LogP contribution in [0.3, 0.4) is 0 Å². The molecule has 0 aliphatic carbocycles. The van der Waals surface area contributed by atoms with Crippen molar-refractivity contribution >= 4 is 49.2 Å². The molecule has 1 heterocycles. The lowest BCUT2D eigenvalue weighted by molar-refractivity contribution is 0.0997. The molecule has 0 aliphatic rings. The molecule has 7 nitrogen and oxygen atoms in total. The van der Waals surface area contributed by atoms with Gasteiger partial charge in [0.2, 0.25) is 10.0 Å². The van der Waals surface area contributed by atoms with E-state index >= 15 is 0 Å². The maximum Gasteiger partial charge on any atom is 0.279 e. The summed E-state index contributed by atoms with van der Waals surface area (Å²) in [6.07, 6.45) is 0. The summed E-state index contributed by atoms with van der Waals surface area (Å²) in [6.45, 7) is 2.97. The van der Waals surface area contributed by atoms with E-state index in [-0.39, 0.29) is 10.8 Å². The molecular formula is C19H21N3O4S3. The number of thiazole rings is 1. The van der Waals surface area contributed by atoms with E-state index in [4.69, 9.17) is 9.88 Å². The van der Waals surface area contributed by atoms with Crippen LogP contribution in [-0.2, 0) is 21.3 Å². The SMILES string of the molecule is CCSc1ccc(C(=O)N=c2sc3cc(S(N)(=O)=O)ccc3n2CCOC)cc1. The minimum atomic E-state index is -3.82. The highest BCUT2D eigenvalue weighted by molar-refractivity contribution is 7.99. The summed E-state index contributed by atoms with van der Waals surface area (Å²) in [7, 11) is -2.23. The maximum atomic E-state index is 12.7. The van der Waals surface area contributed by atoms with Crippen molar-refractivity contribution in [2.75, 3.05) is 19.5 Å². The standard InChI is InChI=1S/C19H21N3O4S3/c1-3-27-14-6-4-13(5-7-14)18(23)21-19-22(10-11-26-2)16-9-8-15(29(20,24)25)12-17(16)28-19/h4-9,12H,3,10-11H2,1-2H3,(H2,20,24,25). The Hall–Kier alpha value is -1.98. The van der Waals surface area contributed by atoms with Crippen LogP contribution in [0.5, 0.6) is 0 Å². The van der Waals surface area contributed by atoms with Crippen LogP contribution in [0.25, 0.3) is 10.2 Å². The van der Waals surface area contributed by atoms with Crippen molar-refractivity contribution in [3.63, 3.8) is 0 Å². The average molecular weight is 452 g/mol. The molecule has 2 N–H and O–H groups in total. The molecule has 1 amide bonds. The molecule has 3 aromatic rings. The fourth-order valence-corrected chi connectivity index (χ4v) is 5.10. The summed E-state index contributed by atoms with van der Waals surface area (Å²) in [5.41, 5.74) is 1.26. The number of ether oxygens (including phenoxy) is 1.